The second-order valence-corrected chi connectivity index (χ2v) is 9.04. The number of ether oxygens (including phenoxy) is 1. The normalized spacial score (nSPS) is 39.6. The topological polar surface area (TPSA) is 63.7 Å². The fourth-order valence-corrected chi connectivity index (χ4v) is 5.42. The van der Waals surface area contributed by atoms with Crippen LogP contribution in [0.1, 0.15) is 45.4 Å². The lowest BCUT2D eigenvalue weighted by Gasteiger charge is -2.39. The van der Waals surface area contributed by atoms with Crippen LogP contribution in [-0.2, 0) is 19.1 Å². The molecule has 28 heavy (non-hydrogen) atoms. The molecule has 158 valence electrons. The third kappa shape index (κ3) is 4.16. The van der Waals surface area contributed by atoms with Crippen LogP contribution in [-0.4, -0.2) is 58.4 Å². The summed E-state index contributed by atoms with van der Waals surface area (Å²) in [4.78, 5) is 38.4. The van der Waals surface area contributed by atoms with Crippen LogP contribution in [0.4, 0.5) is 8.78 Å². The van der Waals surface area contributed by atoms with Crippen molar-refractivity contribution < 1.29 is 27.9 Å². The number of imide groups is 1. The number of hydrogen-bond acceptors (Lipinski definition) is 4. The van der Waals surface area contributed by atoms with Gasteiger partial charge in [-0.25, -0.2) is 8.78 Å². The van der Waals surface area contributed by atoms with Crippen molar-refractivity contribution in [3.8, 4) is 0 Å². The Morgan fingerprint density at radius 3 is 2.54 bits per heavy atom. The maximum atomic E-state index is 14.8. The lowest BCUT2D eigenvalue weighted by Crippen LogP contribution is -2.51. The number of fused-ring (bicyclic) bond motifs is 1. The molecule has 0 spiro atoms. The summed E-state index contributed by atoms with van der Waals surface area (Å²) in [5.74, 6) is -3.06. The first-order valence-corrected chi connectivity index (χ1v) is 10.7. The number of alkyl halides is 4. The molecule has 8 atom stereocenters. The quantitative estimate of drug-likeness (QED) is 0.374. The van der Waals surface area contributed by atoms with Gasteiger partial charge in [-0.2, -0.15) is 0 Å². The zero-order valence-electron chi connectivity index (χ0n) is 15.7. The predicted octanol–water partition coefficient (Wildman–Crippen LogP) is 3.39. The summed E-state index contributed by atoms with van der Waals surface area (Å²) >= 11 is 12.4. The third-order valence-corrected chi connectivity index (χ3v) is 7.09. The largest absolute Gasteiger partial charge is 0.465 e. The Morgan fingerprint density at radius 2 is 1.86 bits per heavy atom. The van der Waals surface area contributed by atoms with Crippen LogP contribution in [0, 0.1) is 17.8 Å². The van der Waals surface area contributed by atoms with Crippen molar-refractivity contribution in [2.45, 2.75) is 74.6 Å². The molecule has 0 aromatic rings. The molecule has 2 saturated carbocycles. The van der Waals surface area contributed by atoms with Gasteiger partial charge in [-0.3, -0.25) is 19.3 Å². The lowest BCUT2D eigenvalue weighted by molar-refractivity contribution is -0.147. The fourth-order valence-electron chi connectivity index (χ4n) is 4.76. The molecule has 2 aliphatic carbocycles. The number of hydrogen-bond donors (Lipinski definition) is 0. The Labute approximate surface area is 173 Å². The maximum Gasteiger partial charge on any atom is 0.324 e. The summed E-state index contributed by atoms with van der Waals surface area (Å²) in [5, 5.41) is -1.49. The second kappa shape index (κ2) is 8.82. The third-order valence-electron chi connectivity index (χ3n) is 6.20. The predicted molar refractivity (Wildman–Crippen MR) is 99.5 cm³/mol. The van der Waals surface area contributed by atoms with Crippen LogP contribution < -0.4 is 0 Å². The summed E-state index contributed by atoms with van der Waals surface area (Å²) in [5.41, 5.74) is 0. The standard InChI is InChI=1S/C19H25Cl2F2NO4/c1-2-28-19(27)14(21)5-9-6-16(15(23)8-13(9)20)24-17(25)11-4-3-10(22)7-12(11)18(24)26/h9-16H,2-8H2,1H3. The minimum Gasteiger partial charge on any atom is -0.465 e. The van der Waals surface area contributed by atoms with Crippen LogP contribution in [0.15, 0.2) is 0 Å². The number of nitrogens with zero attached hydrogens (tertiary/aromatic N) is 1. The van der Waals surface area contributed by atoms with Crippen molar-refractivity contribution in [2.75, 3.05) is 6.61 Å². The summed E-state index contributed by atoms with van der Waals surface area (Å²) in [7, 11) is 0. The molecule has 0 N–H and O–H groups in total. The van der Waals surface area contributed by atoms with Crippen LogP contribution >= 0.6 is 23.2 Å². The fraction of sp³-hybridized carbons (Fsp3) is 0.842. The minimum atomic E-state index is -1.45. The molecule has 0 radical (unpaired) electrons. The number of esters is 1. The van der Waals surface area contributed by atoms with E-state index in [1.165, 1.54) is 0 Å². The van der Waals surface area contributed by atoms with Crippen LogP contribution in [0.5, 0.6) is 0 Å². The molecule has 1 aliphatic heterocycles. The molecule has 0 bridgehead atoms. The molecule has 3 fully saturated rings. The van der Waals surface area contributed by atoms with Crippen molar-refractivity contribution in [1.29, 1.82) is 0 Å². The van der Waals surface area contributed by atoms with Crippen LogP contribution in [0.2, 0.25) is 0 Å². The minimum absolute atomic E-state index is 0.0174. The number of amides is 2. The smallest absolute Gasteiger partial charge is 0.324 e. The Morgan fingerprint density at radius 1 is 1.18 bits per heavy atom. The van der Waals surface area contributed by atoms with Gasteiger partial charge < -0.3 is 4.74 Å². The highest BCUT2D eigenvalue weighted by Crippen LogP contribution is 2.44. The second-order valence-electron chi connectivity index (χ2n) is 7.96. The van der Waals surface area contributed by atoms with Gasteiger partial charge in [0, 0.05) is 5.38 Å². The SMILES string of the molecule is CCOC(=O)C(Cl)CC1CC(N2C(=O)C3CCC(F)CC3C2=O)C(F)CC1Cl. The van der Waals surface area contributed by atoms with E-state index in [0.717, 1.165) is 4.90 Å². The number of carbonyl (C=O) groups excluding carboxylic acids is 3. The van der Waals surface area contributed by atoms with Crippen molar-refractivity contribution in [1.82, 2.24) is 4.90 Å². The van der Waals surface area contributed by atoms with Gasteiger partial charge in [-0.1, -0.05) is 0 Å². The van der Waals surface area contributed by atoms with E-state index >= 15 is 0 Å². The highest BCUT2D eigenvalue weighted by molar-refractivity contribution is 6.30. The van der Waals surface area contributed by atoms with Crippen LogP contribution in [0.25, 0.3) is 0 Å². The Bertz CT molecular complexity index is 637. The Kier molecular flexibility index (Phi) is 6.85. The molecule has 9 heteroatoms. The molecule has 2 amide bonds. The lowest BCUT2D eigenvalue weighted by atomic mass is 9.80. The molecule has 1 saturated heterocycles. The summed E-state index contributed by atoms with van der Waals surface area (Å²) in [6, 6.07) is -0.949. The molecule has 5 nitrogen and oxygen atoms in total. The van der Waals surface area contributed by atoms with E-state index in [4.69, 9.17) is 27.9 Å². The molecule has 0 aromatic carbocycles. The van der Waals surface area contributed by atoms with Gasteiger partial charge in [0.25, 0.3) is 0 Å². The van der Waals surface area contributed by atoms with Gasteiger partial charge in [0.15, 0.2) is 0 Å². The zero-order valence-corrected chi connectivity index (χ0v) is 17.2. The summed E-state index contributed by atoms with van der Waals surface area (Å²) < 4.78 is 33.4. The van der Waals surface area contributed by atoms with Gasteiger partial charge >= 0.3 is 5.97 Å². The first kappa shape index (κ1) is 21.8. The molecule has 8 unspecified atom stereocenters. The maximum absolute atomic E-state index is 14.8. The van der Waals surface area contributed by atoms with Crippen LogP contribution in [0.3, 0.4) is 0 Å². The number of likely N-dealkylation sites (tertiary alicyclic amines) is 1. The molecular weight excluding hydrogens is 415 g/mol. The molecule has 3 rings (SSSR count). The van der Waals surface area contributed by atoms with Crippen molar-refractivity contribution >= 4 is 41.0 Å². The van der Waals surface area contributed by atoms with E-state index in [2.05, 4.69) is 0 Å². The summed E-state index contributed by atoms with van der Waals surface area (Å²) in [6.45, 7) is 1.86. The van der Waals surface area contributed by atoms with Gasteiger partial charge in [-0.05, 0) is 51.4 Å². The van der Waals surface area contributed by atoms with E-state index in [1.807, 2.05) is 0 Å². The van der Waals surface area contributed by atoms with E-state index < -0.39 is 58.8 Å². The average Bonchev–Trinajstić information content (AvgIpc) is 2.88. The Balaban J connectivity index is 1.73. The van der Waals surface area contributed by atoms with E-state index in [9.17, 15) is 23.2 Å². The van der Waals surface area contributed by atoms with E-state index in [-0.39, 0.29) is 44.6 Å². The molecular formula is C19H25Cl2F2NO4. The van der Waals surface area contributed by atoms with Crippen molar-refractivity contribution in [2.24, 2.45) is 17.8 Å². The van der Waals surface area contributed by atoms with Gasteiger partial charge in [0.05, 0.1) is 24.5 Å². The van der Waals surface area contributed by atoms with Gasteiger partial charge in [0.2, 0.25) is 11.8 Å². The molecule has 3 aliphatic rings. The highest BCUT2D eigenvalue weighted by atomic mass is 35.5. The molecule has 0 aromatic heterocycles. The van der Waals surface area contributed by atoms with Gasteiger partial charge in [0.1, 0.15) is 17.7 Å². The highest BCUT2D eigenvalue weighted by Gasteiger charge is 2.55. The van der Waals surface area contributed by atoms with Gasteiger partial charge in [-0.15, -0.1) is 23.2 Å². The monoisotopic (exact) mass is 439 g/mol. The van der Waals surface area contributed by atoms with E-state index in [1.54, 1.807) is 6.92 Å². The number of rotatable bonds is 5. The summed E-state index contributed by atoms with van der Waals surface area (Å²) in [6.07, 6.45) is -1.72. The average molecular weight is 440 g/mol. The van der Waals surface area contributed by atoms with E-state index in [0.29, 0.717) is 6.42 Å². The number of halogens is 4. The Hall–Kier alpha value is -0.950. The van der Waals surface area contributed by atoms with Crippen molar-refractivity contribution in [3.63, 3.8) is 0 Å². The first-order valence-electron chi connectivity index (χ1n) is 9.84. The molecule has 1 heterocycles. The first-order chi connectivity index (χ1) is 13.2. The number of carbonyl (C=O) groups is 3. The van der Waals surface area contributed by atoms with Crippen molar-refractivity contribution in [3.05, 3.63) is 0 Å². The zero-order chi connectivity index (χ0) is 20.6.